The first kappa shape index (κ1) is 28.7. The van der Waals surface area contributed by atoms with Crippen LogP contribution in [0.5, 0.6) is 0 Å². The van der Waals surface area contributed by atoms with Gasteiger partial charge in [-0.3, -0.25) is 10.1 Å². The number of guanidine groups is 1. The van der Waals surface area contributed by atoms with Gasteiger partial charge in [-0.2, -0.15) is 4.98 Å². The smallest absolute Gasteiger partial charge is 0.407 e. The number of rotatable bonds is 6. The van der Waals surface area contributed by atoms with Gasteiger partial charge in [0.25, 0.3) is 5.91 Å². The number of amides is 2. The predicted octanol–water partition coefficient (Wildman–Crippen LogP) is 6.53. The fourth-order valence-corrected chi connectivity index (χ4v) is 4.61. The molecule has 1 aliphatic heterocycles. The molecule has 1 unspecified atom stereocenters. The van der Waals surface area contributed by atoms with Gasteiger partial charge in [0, 0.05) is 28.5 Å². The van der Waals surface area contributed by atoms with E-state index in [0.717, 1.165) is 5.56 Å². The Labute approximate surface area is 248 Å². The minimum Gasteiger partial charge on any atom is -0.444 e. The molecule has 11 heteroatoms. The van der Waals surface area contributed by atoms with Crippen LogP contribution >= 0.6 is 11.6 Å². The zero-order valence-corrected chi connectivity index (χ0v) is 24.4. The monoisotopic (exact) mass is 586 g/mol. The number of nitrogens with zero attached hydrogens (tertiary/aromatic N) is 2. The third-order valence-corrected chi connectivity index (χ3v) is 6.60. The SMILES string of the molecule is CC1=C(C(=O)Nc2ccc(CNC(=O)OC(C)(C)C)cc2)C(c2ccccc2Cl)N=C(Nc2nc3ccccc3o2)N1. The highest BCUT2D eigenvalue weighted by molar-refractivity contribution is 6.31. The van der Waals surface area contributed by atoms with Gasteiger partial charge < -0.3 is 25.1 Å². The number of benzene rings is 3. The summed E-state index contributed by atoms with van der Waals surface area (Å²) in [6.07, 6.45) is -0.497. The van der Waals surface area contributed by atoms with E-state index >= 15 is 0 Å². The average Bonchev–Trinajstić information content (AvgIpc) is 3.34. The van der Waals surface area contributed by atoms with Crippen LogP contribution < -0.4 is 21.3 Å². The quantitative estimate of drug-likeness (QED) is 0.202. The first-order valence-electron chi connectivity index (χ1n) is 13.4. The minimum atomic E-state index is -0.705. The molecule has 10 nitrogen and oxygen atoms in total. The van der Waals surface area contributed by atoms with E-state index in [1.165, 1.54) is 0 Å². The maximum Gasteiger partial charge on any atom is 0.407 e. The molecule has 0 aliphatic carbocycles. The van der Waals surface area contributed by atoms with E-state index in [1.54, 1.807) is 45.9 Å². The number of para-hydroxylation sites is 2. The van der Waals surface area contributed by atoms with Gasteiger partial charge in [0.15, 0.2) is 5.58 Å². The summed E-state index contributed by atoms with van der Waals surface area (Å²) < 4.78 is 11.1. The Morgan fingerprint density at radius 2 is 1.74 bits per heavy atom. The number of aliphatic imine (C=N–C) groups is 1. The molecule has 0 bridgehead atoms. The number of carbonyl (C=O) groups is 2. The van der Waals surface area contributed by atoms with Crippen molar-refractivity contribution in [2.24, 2.45) is 4.99 Å². The van der Waals surface area contributed by atoms with Gasteiger partial charge >= 0.3 is 12.1 Å². The highest BCUT2D eigenvalue weighted by Crippen LogP contribution is 2.35. The summed E-state index contributed by atoms with van der Waals surface area (Å²) in [5, 5.41) is 12.4. The number of aromatic nitrogens is 1. The molecule has 0 radical (unpaired) electrons. The lowest BCUT2D eigenvalue weighted by Crippen LogP contribution is -2.37. The van der Waals surface area contributed by atoms with Crippen LogP contribution in [0.3, 0.4) is 0 Å². The number of oxazole rings is 1. The molecule has 1 atom stereocenters. The maximum atomic E-state index is 13.6. The van der Waals surface area contributed by atoms with Crippen LogP contribution in [0.2, 0.25) is 5.02 Å². The Bertz CT molecular complexity index is 1650. The lowest BCUT2D eigenvalue weighted by atomic mass is 9.95. The fourth-order valence-electron chi connectivity index (χ4n) is 4.38. The highest BCUT2D eigenvalue weighted by atomic mass is 35.5. The van der Waals surface area contributed by atoms with Crippen molar-refractivity contribution in [1.82, 2.24) is 15.6 Å². The van der Waals surface area contributed by atoms with Crippen molar-refractivity contribution < 1.29 is 18.7 Å². The summed E-state index contributed by atoms with van der Waals surface area (Å²) in [6.45, 7) is 7.50. The molecular weight excluding hydrogens is 556 g/mol. The normalized spacial score (nSPS) is 15.1. The number of allylic oxidation sites excluding steroid dienone is 1. The summed E-state index contributed by atoms with van der Waals surface area (Å²) >= 11 is 6.57. The van der Waals surface area contributed by atoms with Crippen molar-refractivity contribution in [3.8, 4) is 0 Å². The molecule has 0 saturated heterocycles. The van der Waals surface area contributed by atoms with Gasteiger partial charge in [-0.05, 0) is 63.6 Å². The Morgan fingerprint density at radius 3 is 2.45 bits per heavy atom. The summed E-state index contributed by atoms with van der Waals surface area (Å²) in [5.41, 5.74) is 3.86. The topological polar surface area (TPSA) is 130 Å². The van der Waals surface area contributed by atoms with Gasteiger partial charge in [-0.15, -0.1) is 0 Å². The van der Waals surface area contributed by atoms with Crippen LogP contribution in [0.15, 0.2) is 93.5 Å². The Kier molecular flexibility index (Phi) is 8.17. The number of carbonyl (C=O) groups excluding carboxylic acids is 2. The number of halogens is 1. The lowest BCUT2D eigenvalue weighted by Gasteiger charge is -2.27. The Balaban J connectivity index is 1.33. The van der Waals surface area contributed by atoms with E-state index in [2.05, 4.69) is 26.3 Å². The van der Waals surface area contributed by atoms with Crippen molar-refractivity contribution in [3.63, 3.8) is 0 Å². The van der Waals surface area contributed by atoms with Gasteiger partial charge in [0.1, 0.15) is 17.2 Å². The third kappa shape index (κ3) is 6.90. The van der Waals surface area contributed by atoms with Crippen molar-refractivity contribution in [1.29, 1.82) is 0 Å². The maximum absolute atomic E-state index is 13.6. The first-order chi connectivity index (χ1) is 20.1. The molecule has 1 aliphatic rings. The number of nitrogens with one attached hydrogen (secondary N) is 4. The largest absolute Gasteiger partial charge is 0.444 e. The lowest BCUT2D eigenvalue weighted by molar-refractivity contribution is -0.113. The summed E-state index contributed by atoms with van der Waals surface area (Å²) in [6, 6.07) is 21.4. The molecule has 2 amide bonds. The molecule has 0 fully saturated rings. The molecule has 0 saturated carbocycles. The molecule has 3 aromatic carbocycles. The average molecular weight is 587 g/mol. The number of ether oxygens (including phenoxy) is 1. The van der Waals surface area contributed by atoms with Crippen LogP contribution in [-0.4, -0.2) is 28.5 Å². The van der Waals surface area contributed by atoms with Crippen molar-refractivity contribution in [2.75, 3.05) is 10.6 Å². The van der Waals surface area contributed by atoms with Gasteiger partial charge in [0.2, 0.25) is 5.96 Å². The Morgan fingerprint density at radius 1 is 1.02 bits per heavy atom. The van der Waals surface area contributed by atoms with E-state index < -0.39 is 17.7 Å². The minimum absolute atomic E-state index is 0.266. The number of hydrogen-bond donors (Lipinski definition) is 4. The van der Waals surface area contributed by atoms with Crippen molar-refractivity contribution >= 4 is 52.4 Å². The van der Waals surface area contributed by atoms with E-state index in [-0.39, 0.29) is 18.5 Å². The number of alkyl carbamates (subject to hydrolysis) is 1. The van der Waals surface area contributed by atoms with Crippen LogP contribution in [0, 0.1) is 0 Å². The van der Waals surface area contributed by atoms with Crippen LogP contribution in [-0.2, 0) is 16.1 Å². The molecule has 1 aromatic heterocycles. The first-order valence-corrected chi connectivity index (χ1v) is 13.7. The van der Waals surface area contributed by atoms with Crippen molar-refractivity contribution in [3.05, 3.63) is 100 Å². The molecule has 5 rings (SSSR count). The van der Waals surface area contributed by atoms with Crippen LogP contribution in [0.25, 0.3) is 11.1 Å². The predicted molar refractivity (Wildman–Crippen MR) is 163 cm³/mol. The zero-order valence-electron chi connectivity index (χ0n) is 23.6. The number of fused-ring (bicyclic) bond motifs is 1. The number of hydrogen-bond acceptors (Lipinski definition) is 8. The van der Waals surface area contributed by atoms with Gasteiger partial charge in [0.05, 0.1) is 5.57 Å². The van der Waals surface area contributed by atoms with E-state index in [1.807, 2.05) is 54.6 Å². The molecule has 42 heavy (non-hydrogen) atoms. The third-order valence-electron chi connectivity index (χ3n) is 6.25. The van der Waals surface area contributed by atoms with E-state index in [4.69, 9.17) is 25.7 Å². The summed E-state index contributed by atoms with van der Waals surface area (Å²) in [4.78, 5) is 34.8. The van der Waals surface area contributed by atoms with E-state index in [0.29, 0.717) is 44.6 Å². The van der Waals surface area contributed by atoms with Crippen LogP contribution in [0.4, 0.5) is 16.5 Å². The molecule has 4 aromatic rings. The summed E-state index contributed by atoms with van der Waals surface area (Å²) in [7, 11) is 0. The Hall–Kier alpha value is -4.83. The highest BCUT2D eigenvalue weighted by Gasteiger charge is 2.31. The standard InChI is InChI=1S/C31H31ClN6O4/c1-18-25(27(39)35-20-15-13-19(14-16-20)17-33-30(40)42-31(2,3)4)26(21-9-5-6-10-22(21)32)37-28(34-18)38-29-36-23-11-7-8-12-24(23)41-29/h5-16,26H,17H2,1-4H3,(H,33,40)(H,35,39)(H2,34,36,37,38). The second-order valence-electron chi connectivity index (χ2n) is 10.7. The zero-order chi connectivity index (χ0) is 29.9. The second-order valence-corrected chi connectivity index (χ2v) is 11.1. The van der Waals surface area contributed by atoms with Gasteiger partial charge in [-0.25, -0.2) is 9.79 Å². The summed E-state index contributed by atoms with van der Waals surface area (Å²) in [5.74, 6) is 0.0246. The molecule has 0 spiro atoms. The second kappa shape index (κ2) is 12.0. The van der Waals surface area contributed by atoms with Crippen LogP contribution in [0.1, 0.15) is 44.9 Å². The molecule has 2 heterocycles. The van der Waals surface area contributed by atoms with Gasteiger partial charge in [-0.1, -0.05) is 54.1 Å². The van der Waals surface area contributed by atoms with Crippen molar-refractivity contribution in [2.45, 2.75) is 45.9 Å². The van der Waals surface area contributed by atoms with E-state index in [9.17, 15) is 9.59 Å². The molecular formula is C31H31ClN6O4. The fraction of sp³-hybridized carbons (Fsp3) is 0.226. The molecule has 4 N–H and O–H groups in total. The molecule has 216 valence electrons. The number of anilines is 2.